The molecule has 5 N–H and O–H groups in total. The van der Waals surface area contributed by atoms with Crippen LogP contribution >= 0.6 is 0 Å². The molecule has 2 rings (SSSR count). The summed E-state index contributed by atoms with van der Waals surface area (Å²) in [4.78, 5) is 45.0. The van der Waals surface area contributed by atoms with Crippen molar-refractivity contribution in [3.05, 3.63) is 71.6 Å². The van der Waals surface area contributed by atoms with Crippen molar-refractivity contribution in [2.45, 2.75) is 59.3 Å². The number of nitrogens with two attached hydrogens (primary N) is 1. The number of allylic oxidation sites excluding steroid dienone is 1. The average Bonchev–Trinajstić information content (AvgIpc) is 2.87. The Labute approximate surface area is 213 Å². The molecule has 1 aromatic heterocycles. The van der Waals surface area contributed by atoms with Gasteiger partial charge in [0.15, 0.2) is 5.78 Å². The molecule has 36 heavy (non-hydrogen) atoms. The van der Waals surface area contributed by atoms with Crippen molar-refractivity contribution < 1.29 is 19.6 Å². The van der Waals surface area contributed by atoms with Gasteiger partial charge in [0.05, 0.1) is 11.8 Å². The first-order valence-corrected chi connectivity index (χ1v) is 12.3. The van der Waals surface area contributed by atoms with E-state index in [9.17, 15) is 19.6 Å². The topological polar surface area (TPSA) is 134 Å². The van der Waals surface area contributed by atoms with Gasteiger partial charge in [-0.1, -0.05) is 69.7 Å². The monoisotopic (exact) mass is 494 g/mol. The number of nitrogens with zero attached hydrogens (tertiary/aromatic N) is 1. The predicted molar refractivity (Wildman–Crippen MR) is 139 cm³/mol. The lowest BCUT2D eigenvalue weighted by atomic mass is 9.64. The van der Waals surface area contributed by atoms with Gasteiger partial charge in [0.2, 0.25) is 11.8 Å². The van der Waals surface area contributed by atoms with Crippen LogP contribution in [0, 0.1) is 24.2 Å². The zero-order valence-electron chi connectivity index (χ0n) is 21.5. The van der Waals surface area contributed by atoms with E-state index in [1.165, 1.54) is 0 Å². The molecule has 2 aromatic rings. The van der Waals surface area contributed by atoms with Crippen LogP contribution in [0.25, 0.3) is 6.08 Å². The fourth-order valence-electron chi connectivity index (χ4n) is 4.94. The summed E-state index contributed by atoms with van der Waals surface area (Å²) >= 11 is 0. The lowest BCUT2D eigenvalue weighted by Crippen LogP contribution is -2.53. The third-order valence-electron chi connectivity index (χ3n) is 6.52. The Balaban J connectivity index is 2.68. The van der Waals surface area contributed by atoms with E-state index in [1.807, 2.05) is 64.1 Å². The number of amides is 2. The van der Waals surface area contributed by atoms with Crippen molar-refractivity contribution in [1.82, 2.24) is 15.9 Å². The molecule has 2 amide bonds. The van der Waals surface area contributed by atoms with Gasteiger partial charge in [0.1, 0.15) is 5.41 Å². The van der Waals surface area contributed by atoms with Gasteiger partial charge >= 0.3 is 0 Å². The number of rotatable bonds is 13. The number of aryl methyl sites for hydroxylation is 1. The first kappa shape index (κ1) is 28.9. The van der Waals surface area contributed by atoms with Crippen molar-refractivity contribution in [1.29, 1.82) is 0 Å². The number of hydrogen-bond acceptors (Lipinski definition) is 6. The van der Waals surface area contributed by atoms with Crippen molar-refractivity contribution >= 4 is 23.7 Å². The van der Waals surface area contributed by atoms with Crippen LogP contribution < -0.4 is 16.7 Å². The zero-order valence-corrected chi connectivity index (χ0v) is 21.5. The summed E-state index contributed by atoms with van der Waals surface area (Å²) in [5.74, 6) is 1.89. The highest BCUT2D eigenvalue weighted by molar-refractivity contribution is 6.10. The standard InChI is InChI=1S/C28H38N4O4/c1-5-15-28(17-19(2)3,27(35)31-29)25(33)24(23-18-30-16-14-20(23)4)22(26(34)32-36)13-9-12-21-10-7-6-8-11-21/h6-12,14,16,18-19,22,24,36H,5,13,15,17,29H2,1-4H3,(H,31,35)(H,32,34)/b12-9+/t22-,24+,28?/m0/s1. The minimum atomic E-state index is -1.44. The van der Waals surface area contributed by atoms with Crippen LogP contribution in [0.4, 0.5) is 0 Å². The molecule has 0 saturated carbocycles. The fourth-order valence-corrected chi connectivity index (χ4v) is 4.94. The SMILES string of the molecule is CCCC(CC(C)C)(C(=O)NN)C(=O)[C@@H](c1cnccc1C)[C@H](C/C=C/c1ccccc1)C(=O)NO. The molecule has 8 nitrogen and oxygen atoms in total. The summed E-state index contributed by atoms with van der Waals surface area (Å²) in [6, 6.07) is 11.3. The summed E-state index contributed by atoms with van der Waals surface area (Å²) in [6.45, 7) is 7.60. The number of Topliss-reactive ketones (excluding diaryl/α,β-unsaturated/α-hetero) is 1. The quantitative estimate of drug-likeness (QED) is 0.109. The third-order valence-corrected chi connectivity index (χ3v) is 6.52. The molecule has 8 heteroatoms. The second-order valence-corrected chi connectivity index (χ2v) is 9.61. The maximum Gasteiger partial charge on any atom is 0.247 e. The molecule has 0 fully saturated rings. The Morgan fingerprint density at radius 3 is 2.42 bits per heavy atom. The lowest BCUT2D eigenvalue weighted by Gasteiger charge is -2.37. The number of hydroxylamine groups is 1. The maximum atomic E-state index is 14.5. The van der Waals surface area contributed by atoms with Crippen LogP contribution in [0.15, 0.2) is 54.9 Å². The van der Waals surface area contributed by atoms with Crippen molar-refractivity contribution in [2.24, 2.45) is 23.1 Å². The van der Waals surface area contributed by atoms with E-state index in [1.54, 1.807) is 30.0 Å². The Morgan fingerprint density at radius 1 is 1.17 bits per heavy atom. The predicted octanol–water partition coefficient (Wildman–Crippen LogP) is 4.09. The van der Waals surface area contributed by atoms with E-state index in [-0.39, 0.29) is 25.2 Å². The van der Waals surface area contributed by atoms with Gasteiger partial charge in [-0.25, -0.2) is 11.3 Å². The minimum absolute atomic E-state index is 0.0107. The number of benzene rings is 1. The Bertz CT molecular complexity index is 1050. The van der Waals surface area contributed by atoms with Crippen LogP contribution in [0.5, 0.6) is 0 Å². The maximum absolute atomic E-state index is 14.5. The molecule has 1 unspecified atom stereocenters. The molecule has 1 heterocycles. The number of hydrogen-bond donors (Lipinski definition) is 4. The van der Waals surface area contributed by atoms with E-state index in [0.717, 1.165) is 11.1 Å². The molecule has 0 saturated heterocycles. The first-order valence-electron chi connectivity index (χ1n) is 12.3. The van der Waals surface area contributed by atoms with E-state index in [0.29, 0.717) is 12.0 Å². The van der Waals surface area contributed by atoms with Crippen molar-refractivity contribution in [3.63, 3.8) is 0 Å². The largest absolute Gasteiger partial charge is 0.298 e. The Hall–Kier alpha value is -3.36. The highest BCUT2D eigenvalue weighted by Gasteiger charge is 2.51. The second-order valence-electron chi connectivity index (χ2n) is 9.61. The molecule has 0 radical (unpaired) electrons. The summed E-state index contributed by atoms with van der Waals surface area (Å²) in [5.41, 5.74) is 4.73. The minimum Gasteiger partial charge on any atom is -0.298 e. The summed E-state index contributed by atoms with van der Waals surface area (Å²) in [7, 11) is 0. The lowest BCUT2D eigenvalue weighted by molar-refractivity contribution is -0.148. The van der Waals surface area contributed by atoms with Crippen LogP contribution in [0.3, 0.4) is 0 Å². The molecule has 0 aliphatic rings. The fraction of sp³-hybridized carbons (Fsp3) is 0.429. The van der Waals surface area contributed by atoms with Gasteiger partial charge in [-0.2, -0.15) is 0 Å². The molecule has 3 atom stereocenters. The van der Waals surface area contributed by atoms with E-state index in [4.69, 9.17) is 5.84 Å². The van der Waals surface area contributed by atoms with Crippen LogP contribution in [-0.2, 0) is 14.4 Å². The normalized spacial score (nSPS) is 14.8. The highest BCUT2D eigenvalue weighted by atomic mass is 16.5. The smallest absolute Gasteiger partial charge is 0.247 e. The number of ketones is 1. The molecule has 0 bridgehead atoms. The number of carbonyl (C=O) groups is 3. The van der Waals surface area contributed by atoms with Gasteiger partial charge in [-0.05, 0) is 54.9 Å². The van der Waals surface area contributed by atoms with Gasteiger partial charge in [-0.3, -0.25) is 30.0 Å². The van der Waals surface area contributed by atoms with Crippen molar-refractivity contribution in [2.75, 3.05) is 0 Å². The van der Waals surface area contributed by atoms with Gasteiger partial charge < -0.3 is 0 Å². The molecule has 0 aliphatic carbocycles. The average molecular weight is 495 g/mol. The molecule has 0 spiro atoms. The molecule has 0 aliphatic heterocycles. The number of pyridine rings is 1. The highest BCUT2D eigenvalue weighted by Crippen LogP contribution is 2.43. The van der Waals surface area contributed by atoms with Crippen LogP contribution in [-0.4, -0.2) is 27.8 Å². The number of carbonyl (C=O) groups excluding carboxylic acids is 3. The third kappa shape index (κ3) is 6.86. The first-order chi connectivity index (χ1) is 17.2. The number of hydrazine groups is 1. The van der Waals surface area contributed by atoms with Gasteiger partial charge in [0.25, 0.3) is 0 Å². The van der Waals surface area contributed by atoms with Crippen molar-refractivity contribution in [3.8, 4) is 0 Å². The number of aromatic nitrogens is 1. The molecule has 1 aromatic carbocycles. The van der Waals surface area contributed by atoms with Gasteiger partial charge in [-0.15, -0.1) is 0 Å². The van der Waals surface area contributed by atoms with E-state index < -0.39 is 34.8 Å². The molecular weight excluding hydrogens is 456 g/mol. The van der Waals surface area contributed by atoms with Crippen LogP contribution in [0.2, 0.25) is 0 Å². The summed E-state index contributed by atoms with van der Waals surface area (Å²) in [6.07, 6.45) is 8.08. The second kappa shape index (κ2) is 13.7. The van der Waals surface area contributed by atoms with E-state index in [2.05, 4.69) is 10.4 Å². The van der Waals surface area contributed by atoms with Gasteiger partial charge in [0, 0.05) is 12.4 Å². The zero-order chi connectivity index (χ0) is 26.7. The Kier molecular flexibility index (Phi) is 11.0. The molecular formula is C28H38N4O4. The van der Waals surface area contributed by atoms with Crippen LogP contribution in [0.1, 0.15) is 69.1 Å². The van der Waals surface area contributed by atoms with E-state index >= 15 is 0 Å². The Morgan fingerprint density at radius 2 is 1.86 bits per heavy atom. The summed E-state index contributed by atoms with van der Waals surface area (Å²) < 4.78 is 0. The molecule has 194 valence electrons. The summed E-state index contributed by atoms with van der Waals surface area (Å²) in [5, 5.41) is 9.63. The number of nitrogens with one attached hydrogen (secondary N) is 2.